The van der Waals surface area contributed by atoms with Gasteiger partial charge < -0.3 is 14.1 Å². The van der Waals surface area contributed by atoms with E-state index in [-0.39, 0.29) is 17.4 Å². The van der Waals surface area contributed by atoms with E-state index < -0.39 is 16.4 Å². The van der Waals surface area contributed by atoms with Gasteiger partial charge in [-0.3, -0.25) is 0 Å². The molecule has 2 aromatic rings. The lowest BCUT2D eigenvalue weighted by molar-refractivity contribution is 0.0125. The van der Waals surface area contributed by atoms with E-state index in [2.05, 4.69) is 4.98 Å². The number of carbonyl (C=O) groups excluding carboxylic acids is 1. The number of carbonyl (C=O) groups is 1. The van der Waals surface area contributed by atoms with E-state index in [9.17, 15) is 9.00 Å². The number of rotatable bonds is 3. The van der Waals surface area contributed by atoms with Gasteiger partial charge in [-0.15, -0.1) is 0 Å². The second kappa shape index (κ2) is 7.15. The molecule has 1 amide bonds. The second-order valence-electron chi connectivity index (χ2n) is 7.28. The fourth-order valence-corrected chi connectivity index (χ4v) is 4.15. The summed E-state index contributed by atoms with van der Waals surface area (Å²) in [6, 6.07) is 7.22. The topological polar surface area (TPSA) is 72.6 Å². The van der Waals surface area contributed by atoms with Crippen LogP contribution in [0, 0.1) is 0 Å². The molecular formula is C18H24N2O4S. The third kappa shape index (κ3) is 4.39. The molecule has 2 heterocycles. The van der Waals surface area contributed by atoms with Crippen LogP contribution in [0.25, 0.3) is 11.1 Å². The summed E-state index contributed by atoms with van der Waals surface area (Å²) < 4.78 is 23.8. The molecule has 0 spiro atoms. The molecule has 3 rings (SSSR count). The minimum atomic E-state index is -1.40. The molecule has 1 aliphatic heterocycles. The van der Waals surface area contributed by atoms with Gasteiger partial charge in [-0.2, -0.15) is 0 Å². The van der Waals surface area contributed by atoms with E-state index in [4.69, 9.17) is 9.15 Å². The number of likely N-dealkylation sites (tertiary alicyclic amines) is 1. The van der Waals surface area contributed by atoms with Gasteiger partial charge in [0.15, 0.2) is 5.58 Å². The summed E-state index contributed by atoms with van der Waals surface area (Å²) in [4.78, 5) is 18.5. The van der Waals surface area contributed by atoms with E-state index in [1.807, 2.05) is 39.0 Å². The number of piperidine rings is 1. The molecule has 6 nitrogen and oxygen atoms in total. The third-order valence-electron chi connectivity index (χ3n) is 4.07. The molecule has 25 heavy (non-hydrogen) atoms. The Labute approximate surface area is 150 Å². The quantitative estimate of drug-likeness (QED) is 0.830. The number of hydrogen-bond donors (Lipinski definition) is 0. The number of fused-ring (bicyclic) bond motifs is 1. The predicted molar refractivity (Wildman–Crippen MR) is 95.9 cm³/mol. The first kappa shape index (κ1) is 17.9. The third-order valence-corrected chi connectivity index (χ3v) is 5.32. The highest BCUT2D eigenvalue weighted by Gasteiger charge is 2.32. The number of hydrogen-bond acceptors (Lipinski definition) is 5. The number of oxazole rings is 1. The van der Waals surface area contributed by atoms with Crippen LogP contribution < -0.4 is 0 Å². The molecule has 1 fully saturated rings. The van der Waals surface area contributed by atoms with Crippen molar-refractivity contribution in [1.29, 1.82) is 0 Å². The number of ether oxygens (including phenoxy) is 1. The fraction of sp³-hybridized carbons (Fsp3) is 0.556. The van der Waals surface area contributed by atoms with E-state index in [0.29, 0.717) is 23.4 Å². The number of aromatic nitrogens is 1. The fourth-order valence-electron chi connectivity index (χ4n) is 2.93. The van der Waals surface area contributed by atoms with Crippen molar-refractivity contribution >= 4 is 28.0 Å². The van der Waals surface area contributed by atoms with E-state index in [1.165, 1.54) is 0 Å². The summed E-state index contributed by atoms with van der Waals surface area (Å²) >= 11 is 0. The van der Waals surface area contributed by atoms with Crippen LogP contribution in [0.3, 0.4) is 0 Å². The Kier molecular flexibility index (Phi) is 5.13. The van der Waals surface area contributed by atoms with Gasteiger partial charge in [-0.25, -0.2) is 14.0 Å². The van der Waals surface area contributed by atoms with Crippen LogP contribution in [0.5, 0.6) is 0 Å². The second-order valence-corrected chi connectivity index (χ2v) is 8.66. The van der Waals surface area contributed by atoms with Gasteiger partial charge in [0.1, 0.15) is 21.9 Å². The van der Waals surface area contributed by atoms with E-state index >= 15 is 0 Å². The van der Waals surface area contributed by atoms with Crippen molar-refractivity contribution < 1.29 is 18.2 Å². The Morgan fingerprint density at radius 1 is 1.36 bits per heavy atom. The maximum atomic E-state index is 12.7. The zero-order valence-corrected chi connectivity index (χ0v) is 15.7. The van der Waals surface area contributed by atoms with Crippen LogP contribution >= 0.6 is 0 Å². The summed E-state index contributed by atoms with van der Waals surface area (Å²) in [6.45, 7) is 6.17. The minimum Gasteiger partial charge on any atom is -0.444 e. The number of benzene rings is 1. The zero-order valence-electron chi connectivity index (χ0n) is 14.9. The predicted octanol–water partition coefficient (Wildman–Crippen LogP) is 3.73. The highest BCUT2D eigenvalue weighted by molar-refractivity contribution is 7.84. The lowest BCUT2D eigenvalue weighted by Crippen LogP contribution is -2.48. The molecule has 7 heteroatoms. The standard InChI is InChI=1S/C18H24N2O4S/c1-18(2,3)24-17(21)20-11-7-6-8-13(20)12-25(22)16-19-14-9-4-5-10-15(14)23-16/h4-5,9-10,13H,6-8,11-12H2,1-3H3/t13-,25+/m1/s1. The first-order valence-electron chi connectivity index (χ1n) is 8.57. The molecule has 1 aliphatic rings. The van der Waals surface area contributed by atoms with Crippen molar-refractivity contribution in [1.82, 2.24) is 9.88 Å². The lowest BCUT2D eigenvalue weighted by atomic mass is 10.0. The summed E-state index contributed by atoms with van der Waals surface area (Å²) in [5.74, 6) is 0.312. The maximum absolute atomic E-state index is 12.7. The minimum absolute atomic E-state index is 0.126. The van der Waals surface area contributed by atoms with Crippen molar-refractivity contribution in [3.8, 4) is 0 Å². The average molecular weight is 364 g/mol. The Morgan fingerprint density at radius 2 is 2.12 bits per heavy atom. The van der Waals surface area contributed by atoms with Gasteiger partial charge in [0.2, 0.25) is 0 Å². The highest BCUT2D eigenvalue weighted by atomic mass is 32.2. The molecular weight excluding hydrogens is 340 g/mol. The molecule has 0 N–H and O–H groups in total. The SMILES string of the molecule is CC(C)(C)OC(=O)N1CCCC[C@@H]1C[S@](=O)c1nc2ccccc2o1. The molecule has 0 saturated carbocycles. The molecule has 0 unspecified atom stereocenters. The van der Waals surface area contributed by atoms with Gasteiger partial charge >= 0.3 is 6.09 Å². The highest BCUT2D eigenvalue weighted by Crippen LogP contribution is 2.24. The van der Waals surface area contributed by atoms with Crippen LogP contribution in [-0.4, -0.2) is 44.1 Å². The van der Waals surface area contributed by atoms with Crippen LogP contribution in [0.1, 0.15) is 40.0 Å². The van der Waals surface area contributed by atoms with E-state index in [1.54, 1.807) is 11.0 Å². The molecule has 1 aromatic carbocycles. The maximum Gasteiger partial charge on any atom is 0.410 e. The van der Waals surface area contributed by atoms with Gasteiger partial charge in [-0.1, -0.05) is 12.1 Å². The van der Waals surface area contributed by atoms with Crippen LogP contribution in [0.15, 0.2) is 33.9 Å². The molecule has 2 atom stereocenters. The van der Waals surface area contributed by atoms with Crippen molar-refractivity contribution in [2.45, 2.75) is 56.9 Å². The first-order chi connectivity index (χ1) is 11.8. The van der Waals surface area contributed by atoms with Gasteiger partial charge in [0.25, 0.3) is 5.22 Å². The summed E-state index contributed by atoms with van der Waals surface area (Å²) in [5.41, 5.74) is 0.774. The first-order valence-corrected chi connectivity index (χ1v) is 9.89. The van der Waals surface area contributed by atoms with Gasteiger partial charge in [0, 0.05) is 12.6 Å². The van der Waals surface area contributed by atoms with Crippen molar-refractivity contribution in [2.24, 2.45) is 0 Å². The zero-order chi connectivity index (χ0) is 18.0. The summed E-state index contributed by atoms with van der Waals surface area (Å²) in [5, 5.41) is 0.218. The Morgan fingerprint density at radius 3 is 2.84 bits per heavy atom. The molecule has 0 aliphatic carbocycles. The molecule has 136 valence electrons. The van der Waals surface area contributed by atoms with E-state index in [0.717, 1.165) is 19.3 Å². The van der Waals surface area contributed by atoms with Crippen LogP contribution in [0.4, 0.5) is 4.79 Å². The average Bonchev–Trinajstić information content (AvgIpc) is 2.98. The van der Waals surface area contributed by atoms with Crippen molar-refractivity contribution in [2.75, 3.05) is 12.3 Å². The van der Waals surface area contributed by atoms with Gasteiger partial charge in [0.05, 0.1) is 5.75 Å². The number of nitrogens with zero attached hydrogens (tertiary/aromatic N) is 2. The Balaban J connectivity index is 1.72. The molecule has 0 radical (unpaired) electrons. The van der Waals surface area contributed by atoms with Crippen molar-refractivity contribution in [3.63, 3.8) is 0 Å². The summed E-state index contributed by atoms with van der Waals surface area (Å²) in [6.07, 6.45) is 2.41. The normalized spacial score (nSPS) is 19.8. The van der Waals surface area contributed by atoms with Crippen LogP contribution in [-0.2, 0) is 15.5 Å². The Bertz CT molecular complexity index is 748. The largest absolute Gasteiger partial charge is 0.444 e. The summed E-state index contributed by atoms with van der Waals surface area (Å²) in [7, 11) is -1.40. The number of amides is 1. The smallest absolute Gasteiger partial charge is 0.410 e. The van der Waals surface area contributed by atoms with Crippen molar-refractivity contribution in [3.05, 3.63) is 24.3 Å². The number of para-hydroxylation sites is 2. The molecule has 0 bridgehead atoms. The molecule has 1 saturated heterocycles. The lowest BCUT2D eigenvalue weighted by Gasteiger charge is -2.36. The van der Waals surface area contributed by atoms with Crippen LogP contribution in [0.2, 0.25) is 0 Å². The van der Waals surface area contributed by atoms with Gasteiger partial charge in [-0.05, 0) is 52.2 Å². The Hall–Kier alpha value is -1.89. The molecule has 1 aromatic heterocycles. The monoisotopic (exact) mass is 364 g/mol.